The molecule has 0 saturated heterocycles. The number of ether oxygens (including phenoxy) is 1. The number of aromatic nitrogens is 2. The lowest BCUT2D eigenvalue weighted by atomic mass is 10.2. The number of rotatable bonds is 9. The Morgan fingerprint density at radius 1 is 1.26 bits per heavy atom. The fourth-order valence-electron chi connectivity index (χ4n) is 2.05. The van der Waals surface area contributed by atoms with E-state index in [1.165, 1.54) is 0 Å². The van der Waals surface area contributed by atoms with Gasteiger partial charge in [0.2, 0.25) is 5.95 Å². The molecule has 1 aromatic carbocycles. The Hall–Kier alpha value is -2.10. The van der Waals surface area contributed by atoms with E-state index in [4.69, 9.17) is 16.3 Å². The van der Waals surface area contributed by atoms with Crippen molar-refractivity contribution in [2.75, 3.05) is 31.6 Å². The zero-order valence-electron chi connectivity index (χ0n) is 14.6. The Labute approximate surface area is 159 Å². The molecule has 0 bridgehead atoms. The summed E-state index contributed by atoms with van der Waals surface area (Å²) in [4.78, 5) is 7.13. The van der Waals surface area contributed by atoms with Gasteiger partial charge in [0.15, 0.2) is 0 Å². The summed E-state index contributed by atoms with van der Waals surface area (Å²) >= 11 is 6.00. The van der Waals surface area contributed by atoms with Crippen molar-refractivity contribution in [3.63, 3.8) is 0 Å². The molecule has 148 valence electrons. The van der Waals surface area contributed by atoms with Crippen molar-refractivity contribution in [2.24, 2.45) is 0 Å². The number of aryl methyl sites for hydroxylation is 1. The van der Waals surface area contributed by atoms with E-state index in [9.17, 15) is 18.3 Å². The summed E-state index contributed by atoms with van der Waals surface area (Å²) in [5.41, 5.74) is -0.0692. The van der Waals surface area contributed by atoms with Crippen molar-refractivity contribution in [2.45, 2.75) is 19.2 Å². The molecule has 0 radical (unpaired) electrons. The predicted octanol–water partition coefficient (Wildman–Crippen LogP) is 2.90. The molecule has 1 atom stereocenters. The minimum Gasteiger partial charge on any atom is -0.491 e. The summed E-state index contributed by atoms with van der Waals surface area (Å²) in [6.07, 6.45) is -4.22. The van der Waals surface area contributed by atoms with Crippen LogP contribution < -0.4 is 15.4 Å². The highest BCUT2D eigenvalue weighted by molar-refractivity contribution is 6.31. The minimum atomic E-state index is -4.51. The van der Waals surface area contributed by atoms with Crippen molar-refractivity contribution in [3.05, 3.63) is 46.7 Å². The van der Waals surface area contributed by atoms with Gasteiger partial charge in [0.05, 0.1) is 0 Å². The Morgan fingerprint density at radius 2 is 2.04 bits per heavy atom. The Bertz CT molecular complexity index is 746. The SMILES string of the molecule is Cc1ccc(OCC(O)CNCCNc2nccc(C(F)(F)F)n2)cc1Cl. The third-order valence-corrected chi connectivity index (χ3v) is 3.90. The molecule has 0 aliphatic carbocycles. The maximum atomic E-state index is 12.6. The van der Waals surface area contributed by atoms with Crippen LogP contribution in [-0.4, -0.2) is 47.4 Å². The second-order valence-electron chi connectivity index (χ2n) is 5.77. The van der Waals surface area contributed by atoms with Crippen LogP contribution in [0.4, 0.5) is 19.1 Å². The van der Waals surface area contributed by atoms with Gasteiger partial charge in [-0.2, -0.15) is 13.2 Å². The van der Waals surface area contributed by atoms with Crippen LogP contribution in [0.15, 0.2) is 30.5 Å². The van der Waals surface area contributed by atoms with Gasteiger partial charge in [0.1, 0.15) is 24.2 Å². The van der Waals surface area contributed by atoms with Gasteiger partial charge < -0.3 is 20.5 Å². The third-order valence-electron chi connectivity index (χ3n) is 3.50. The first-order valence-electron chi connectivity index (χ1n) is 8.17. The van der Waals surface area contributed by atoms with Gasteiger partial charge in [0, 0.05) is 30.9 Å². The van der Waals surface area contributed by atoms with Crippen LogP contribution in [-0.2, 0) is 6.18 Å². The number of alkyl halides is 3. The van der Waals surface area contributed by atoms with E-state index in [-0.39, 0.29) is 19.1 Å². The Kier molecular flexibility index (Phi) is 7.64. The molecule has 0 spiro atoms. The molecule has 1 aromatic heterocycles. The molecular formula is C17H20ClF3N4O2. The summed E-state index contributed by atoms with van der Waals surface area (Å²) in [5, 5.41) is 16.1. The van der Waals surface area contributed by atoms with Gasteiger partial charge in [-0.15, -0.1) is 0 Å². The monoisotopic (exact) mass is 404 g/mol. The lowest BCUT2D eigenvalue weighted by molar-refractivity contribution is -0.141. The molecule has 0 amide bonds. The first kappa shape index (κ1) is 21.2. The van der Waals surface area contributed by atoms with Crippen molar-refractivity contribution < 1.29 is 23.0 Å². The highest BCUT2D eigenvalue weighted by atomic mass is 35.5. The fourth-order valence-corrected chi connectivity index (χ4v) is 2.22. The number of anilines is 1. The fraction of sp³-hybridized carbons (Fsp3) is 0.412. The topological polar surface area (TPSA) is 79.3 Å². The molecule has 3 N–H and O–H groups in total. The lowest BCUT2D eigenvalue weighted by Gasteiger charge is -2.14. The van der Waals surface area contributed by atoms with Crippen LogP contribution in [0.25, 0.3) is 0 Å². The van der Waals surface area contributed by atoms with Crippen LogP contribution in [0.5, 0.6) is 5.75 Å². The predicted molar refractivity (Wildman–Crippen MR) is 96.1 cm³/mol. The maximum absolute atomic E-state index is 12.6. The quantitative estimate of drug-likeness (QED) is 0.558. The summed E-state index contributed by atoms with van der Waals surface area (Å²) in [6.45, 7) is 2.90. The van der Waals surface area contributed by atoms with E-state index in [2.05, 4.69) is 20.6 Å². The van der Waals surface area contributed by atoms with Crippen LogP contribution in [0.3, 0.4) is 0 Å². The molecule has 2 aromatic rings. The second kappa shape index (κ2) is 9.72. The molecule has 10 heteroatoms. The summed E-state index contributed by atoms with van der Waals surface area (Å²) in [6, 6.07) is 6.07. The van der Waals surface area contributed by atoms with E-state index in [0.717, 1.165) is 17.8 Å². The molecule has 0 aliphatic heterocycles. The molecule has 0 aliphatic rings. The van der Waals surface area contributed by atoms with Crippen LogP contribution in [0.2, 0.25) is 5.02 Å². The van der Waals surface area contributed by atoms with Gasteiger partial charge in [-0.1, -0.05) is 17.7 Å². The van der Waals surface area contributed by atoms with E-state index in [1.54, 1.807) is 12.1 Å². The number of aliphatic hydroxyl groups excluding tert-OH is 1. The number of nitrogens with zero attached hydrogens (tertiary/aromatic N) is 2. The molecular weight excluding hydrogens is 385 g/mol. The highest BCUT2D eigenvalue weighted by Gasteiger charge is 2.32. The number of nitrogens with one attached hydrogen (secondary N) is 2. The van der Waals surface area contributed by atoms with Gasteiger partial charge in [-0.05, 0) is 30.7 Å². The summed E-state index contributed by atoms with van der Waals surface area (Å²) in [7, 11) is 0. The first-order chi connectivity index (χ1) is 12.8. The molecule has 6 nitrogen and oxygen atoms in total. The average molecular weight is 405 g/mol. The smallest absolute Gasteiger partial charge is 0.433 e. The summed E-state index contributed by atoms with van der Waals surface area (Å²) in [5.74, 6) is 0.458. The highest BCUT2D eigenvalue weighted by Crippen LogP contribution is 2.27. The third kappa shape index (κ3) is 7.20. The number of aliphatic hydroxyl groups is 1. The summed E-state index contributed by atoms with van der Waals surface area (Å²) < 4.78 is 43.1. The van der Waals surface area contributed by atoms with Gasteiger partial charge in [-0.3, -0.25) is 0 Å². The zero-order valence-corrected chi connectivity index (χ0v) is 15.3. The molecule has 1 unspecified atom stereocenters. The number of benzene rings is 1. The van der Waals surface area contributed by atoms with Crippen LogP contribution in [0, 0.1) is 6.92 Å². The second-order valence-corrected chi connectivity index (χ2v) is 6.18. The van der Waals surface area contributed by atoms with Gasteiger partial charge in [-0.25, -0.2) is 9.97 Å². The average Bonchev–Trinajstić information content (AvgIpc) is 2.62. The Morgan fingerprint density at radius 3 is 2.74 bits per heavy atom. The van der Waals surface area contributed by atoms with E-state index in [1.807, 2.05) is 13.0 Å². The first-order valence-corrected chi connectivity index (χ1v) is 8.55. The van der Waals surface area contributed by atoms with Gasteiger partial charge >= 0.3 is 6.18 Å². The van der Waals surface area contributed by atoms with Crippen molar-refractivity contribution >= 4 is 17.5 Å². The molecule has 1 heterocycles. The van der Waals surface area contributed by atoms with Crippen LogP contribution in [0.1, 0.15) is 11.3 Å². The van der Waals surface area contributed by atoms with Crippen molar-refractivity contribution in [1.29, 1.82) is 0 Å². The molecule has 0 fully saturated rings. The molecule has 0 saturated carbocycles. The standard InChI is InChI=1S/C17H20ClF3N4O2/c1-11-2-3-13(8-14(11)18)27-10-12(26)9-22-6-7-24-16-23-5-4-15(25-16)17(19,20)21/h2-5,8,12,22,26H,6-7,9-10H2,1H3,(H,23,24,25). The van der Waals surface area contributed by atoms with Crippen molar-refractivity contribution in [3.8, 4) is 5.75 Å². The number of hydrogen-bond donors (Lipinski definition) is 3. The molecule has 2 rings (SSSR count). The van der Waals surface area contributed by atoms with Gasteiger partial charge in [0.25, 0.3) is 0 Å². The zero-order chi connectivity index (χ0) is 19.9. The van der Waals surface area contributed by atoms with E-state index in [0.29, 0.717) is 23.9 Å². The normalized spacial score (nSPS) is 12.7. The maximum Gasteiger partial charge on any atom is 0.433 e. The van der Waals surface area contributed by atoms with Crippen LogP contribution >= 0.6 is 11.6 Å². The minimum absolute atomic E-state index is 0.0799. The lowest BCUT2D eigenvalue weighted by Crippen LogP contribution is -2.34. The van der Waals surface area contributed by atoms with Crippen molar-refractivity contribution in [1.82, 2.24) is 15.3 Å². The molecule has 27 heavy (non-hydrogen) atoms. The number of halogens is 4. The Balaban J connectivity index is 1.64. The van der Waals surface area contributed by atoms with E-state index >= 15 is 0 Å². The van der Waals surface area contributed by atoms with E-state index < -0.39 is 18.0 Å². The number of hydrogen-bond acceptors (Lipinski definition) is 6. The largest absolute Gasteiger partial charge is 0.491 e.